The molecule has 0 unspecified atom stereocenters. The topological polar surface area (TPSA) is 24.9 Å². The Bertz CT molecular complexity index is 248. The summed E-state index contributed by atoms with van der Waals surface area (Å²) in [5.74, 6) is 0. The molecule has 0 aliphatic rings. The van der Waals surface area contributed by atoms with Crippen molar-refractivity contribution in [3.8, 4) is 0 Å². The summed E-state index contributed by atoms with van der Waals surface area (Å²) in [7, 11) is 1.91. The number of nitrogens with zero attached hydrogens (tertiary/aromatic N) is 1. The molecule has 0 atom stereocenters. The van der Waals surface area contributed by atoms with E-state index in [1.54, 1.807) is 0 Å². The Labute approximate surface area is 75.2 Å². The monoisotopic (exact) mass is 214 g/mol. The van der Waals surface area contributed by atoms with Crippen molar-refractivity contribution in [2.75, 3.05) is 7.05 Å². The summed E-state index contributed by atoms with van der Waals surface area (Å²) in [5, 5.41) is 3.06. The molecular formula is C8H11BrN2. The Morgan fingerprint density at radius 2 is 2.27 bits per heavy atom. The third-order valence-electron chi connectivity index (χ3n) is 1.40. The van der Waals surface area contributed by atoms with E-state index in [1.807, 2.05) is 26.1 Å². The first kappa shape index (κ1) is 8.68. The highest BCUT2D eigenvalue weighted by Gasteiger charge is 1.98. The summed E-state index contributed by atoms with van der Waals surface area (Å²) < 4.78 is 1.07. The van der Waals surface area contributed by atoms with Crippen LogP contribution in [0.1, 0.15) is 11.4 Å². The van der Waals surface area contributed by atoms with Crippen molar-refractivity contribution in [3.63, 3.8) is 0 Å². The molecule has 0 spiro atoms. The van der Waals surface area contributed by atoms with Gasteiger partial charge in [0, 0.05) is 16.7 Å². The molecule has 0 saturated carbocycles. The third kappa shape index (κ3) is 2.27. The lowest BCUT2D eigenvalue weighted by Gasteiger charge is -2.02. The molecule has 1 N–H and O–H groups in total. The maximum Gasteiger partial charge on any atom is 0.0686 e. The molecular weight excluding hydrogens is 204 g/mol. The van der Waals surface area contributed by atoms with Gasteiger partial charge in [0.2, 0.25) is 0 Å². The number of hydrogen-bond acceptors (Lipinski definition) is 2. The summed E-state index contributed by atoms with van der Waals surface area (Å²) in [6, 6.07) is 4.01. The van der Waals surface area contributed by atoms with E-state index < -0.39 is 0 Å². The quantitative estimate of drug-likeness (QED) is 0.814. The molecule has 0 bridgehead atoms. The second kappa shape index (κ2) is 3.83. The minimum atomic E-state index is 0.808. The van der Waals surface area contributed by atoms with Crippen LogP contribution in [0.2, 0.25) is 0 Å². The number of nitrogens with one attached hydrogen (secondary N) is 1. The van der Waals surface area contributed by atoms with Gasteiger partial charge in [-0.1, -0.05) is 0 Å². The highest BCUT2D eigenvalue weighted by atomic mass is 79.9. The van der Waals surface area contributed by atoms with Crippen LogP contribution in [-0.4, -0.2) is 12.0 Å². The van der Waals surface area contributed by atoms with Crippen LogP contribution in [0, 0.1) is 6.92 Å². The van der Waals surface area contributed by atoms with Crippen molar-refractivity contribution in [1.29, 1.82) is 0 Å². The van der Waals surface area contributed by atoms with Crippen LogP contribution in [0.4, 0.5) is 0 Å². The minimum Gasteiger partial charge on any atom is -0.314 e. The average Bonchev–Trinajstić information content (AvgIpc) is 1.98. The summed E-state index contributed by atoms with van der Waals surface area (Å²) in [6.07, 6.45) is 0. The van der Waals surface area contributed by atoms with Crippen LogP contribution in [0.25, 0.3) is 0 Å². The van der Waals surface area contributed by atoms with Crippen molar-refractivity contribution < 1.29 is 0 Å². The molecule has 11 heavy (non-hydrogen) atoms. The first-order chi connectivity index (χ1) is 5.24. The molecule has 0 aliphatic heterocycles. The first-order valence-corrected chi connectivity index (χ1v) is 4.30. The Morgan fingerprint density at radius 1 is 1.55 bits per heavy atom. The lowest BCUT2D eigenvalue weighted by molar-refractivity contribution is 0.782. The highest BCUT2D eigenvalue weighted by molar-refractivity contribution is 9.10. The minimum absolute atomic E-state index is 0.808. The second-order valence-corrected chi connectivity index (χ2v) is 3.27. The normalized spacial score (nSPS) is 10.1. The van der Waals surface area contributed by atoms with Gasteiger partial charge in [0.15, 0.2) is 0 Å². The molecule has 1 rings (SSSR count). The van der Waals surface area contributed by atoms with Gasteiger partial charge in [-0.25, -0.2) is 0 Å². The molecule has 0 amide bonds. The Kier molecular flexibility index (Phi) is 3.02. The van der Waals surface area contributed by atoms with E-state index in [-0.39, 0.29) is 0 Å². The fraction of sp³-hybridized carbons (Fsp3) is 0.375. The molecule has 0 radical (unpaired) electrons. The van der Waals surface area contributed by atoms with Gasteiger partial charge in [-0.3, -0.25) is 4.98 Å². The summed E-state index contributed by atoms with van der Waals surface area (Å²) in [6.45, 7) is 2.80. The van der Waals surface area contributed by atoms with Crippen LogP contribution in [0.3, 0.4) is 0 Å². The van der Waals surface area contributed by atoms with Crippen LogP contribution >= 0.6 is 15.9 Å². The van der Waals surface area contributed by atoms with Gasteiger partial charge in [-0.15, -0.1) is 0 Å². The van der Waals surface area contributed by atoms with E-state index >= 15 is 0 Å². The molecule has 3 heteroatoms. The molecule has 2 nitrogen and oxygen atoms in total. The molecule has 0 fully saturated rings. The van der Waals surface area contributed by atoms with Gasteiger partial charge in [-0.2, -0.15) is 0 Å². The molecule has 1 aromatic heterocycles. The molecule has 1 heterocycles. The van der Waals surface area contributed by atoms with Gasteiger partial charge in [-0.05, 0) is 42.0 Å². The van der Waals surface area contributed by atoms with Crippen molar-refractivity contribution in [1.82, 2.24) is 10.3 Å². The highest BCUT2D eigenvalue weighted by Crippen LogP contribution is 2.14. The van der Waals surface area contributed by atoms with Crippen LogP contribution in [-0.2, 0) is 6.54 Å². The summed E-state index contributed by atoms with van der Waals surface area (Å²) >= 11 is 3.43. The number of pyridine rings is 1. The SMILES string of the molecule is CNCc1nc(C)ccc1Br. The summed E-state index contributed by atoms with van der Waals surface area (Å²) in [4.78, 5) is 4.35. The summed E-state index contributed by atoms with van der Waals surface area (Å²) in [5.41, 5.74) is 2.12. The third-order valence-corrected chi connectivity index (χ3v) is 2.12. The number of rotatable bonds is 2. The maximum atomic E-state index is 4.35. The van der Waals surface area contributed by atoms with Gasteiger partial charge < -0.3 is 5.32 Å². The lowest BCUT2D eigenvalue weighted by atomic mass is 10.3. The smallest absolute Gasteiger partial charge is 0.0686 e. The number of hydrogen-bond donors (Lipinski definition) is 1. The Balaban J connectivity index is 2.93. The predicted molar refractivity (Wildman–Crippen MR) is 49.4 cm³/mol. The molecule has 0 aromatic carbocycles. The Hall–Kier alpha value is -0.410. The van der Waals surface area contributed by atoms with Crippen molar-refractivity contribution in [3.05, 3.63) is 28.0 Å². The standard InChI is InChI=1S/C8H11BrN2/c1-6-3-4-7(9)8(11-6)5-10-2/h3-4,10H,5H2,1-2H3. The predicted octanol–water partition coefficient (Wildman–Crippen LogP) is 1.87. The van der Waals surface area contributed by atoms with Crippen LogP contribution < -0.4 is 5.32 Å². The van der Waals surface area contributed by atoms with Crippen LogP contribution in [0.5, 0.6) is 0 Å². The fourth-order valence-corrected chi connectivity index (χ4v) is 1.25. The number of halogens is 1. The van der Waals surface area contributed by atoms with Crippen LogP contribution in [0.15, 0.2) is 16.6 Å². The number of aryl methyl sites for hydroxylation is 1. The van der Waals surface area contributed by atoms with E-state index in [0.717, 1.165) is 22.4 Å². The zero-order chi connectivity index (χ0) is 8.27. The zero-order valence-corrected chi connectivity index (χ0v) is 8.27. The van der Waals surface area contributed by atoms with Crippen molar-refractivity contribution >= 4 is 15.9 Å². The maximum absolute atomic E-state index is 4.35. The van der Waals surface area contributed by atoms with Gasteiger partial charge >= 0.3 is 0 Å². The largest absolute Gasteiger partial charge is 0.314 e. The van der Waals surface area contributed by atoms with Crippen molar-refractivity contribution in [2.45, 2.75) is 13.5 Å². The van der Waals surface area contributed by atoms with Gasteiger partial charge in [0.1, 0.15) is 0 Å². The lowest BCUT2D eigenvalue weighted by Crippen LogP contribution is -2.07. The molecule has 0 saturated heterocycles. The van der Waals surface area contributed by atoms with Crippen molar-refractivity contribution in [2.24, 2.45) is 0 Å². The molecule has 1 aromatic rings. The fourth-order valence-electron chi connectivity index (χ4n) is 0.885. The first-order valence-electron chi connectivity index (χ1n) is 3.50. The average molecular weight is 215 g/mol. The van der Waals surface area contributed by atoms with E-state index in [0.29, 0.717) is 0 Å². The zero-order valence-electron chi connectivity index (χ0n) is 6.69. The number of aromatic nitrogens is 1. The molecule has 0 aliphatic carbocycles. The van der Waals surface area contributed by atoms with Gasteiger partial charge in [0.05, 0.1) is 5.69 Å². The molecule has 60 valence electrons. The van der Waals surface area contributed by atoms with Gasteiger partial charge in [0.25, 0.3) is 0 Å². The second-order valence-electron chi connectivity index (χ2n) is 2.41. The Morgan fingerprint density at radius 3 is 2.91 bits per heavy atom. The van der Waals surface area contributed by atoms with E-state index in [2.05, 4.69) is 26.2 Å². The van der Waals surface area contributed by atoms with E-state index in [1.165, 1.54) is 0 Å². The van der Waals surface area contributed by atoms with E-state index in [9.17, 15) is 0 Å². The van der Waals surface area contributed by atoms with E-state index in [4.69, 9.17) is 0 Å².